The van der Waals surface area contributed by atoms with Gasteiger partial charge in [0.2, 0.25) is 5.95 Å². The minimum Gasteiger partial charge on any atom is -0.368 e. The van der Waals surface area contributed by atoms with Crippen molar-refractivity contribution in [3.8, 4) is 0 Å². The van der Waals surface area contributed by atoms with Gasteiger partial charge in [0.25, 0.3) is 0 Å². The first kappa shape index (κ1) is 20.2. The average Bonchev–Trinajstić information content (AvgIpc) is 2.47. The quantitative estimate of drug-likeness (QED) is 0.617. The molecule has 0 bridgehead atoms. The van der Waals surface area contributed by atoms with Crippen molar-refractivity contribution in [2.45, 2.75) is 27.7 Å². The highest BCUT2D eigenvalue weighted by molar-refractivity contribution is 7.63. The summed E-state index contributed by atoms with van der Waals surface area (Å²) in [6.07, 6.45) is 0. The van der Waals surface area contributed by atoms with Gasteiger partial charge in [0.1, 0.15) is 0 Å². The van der Waals surface area contributed by atoms with E-state index in [9.17, 15) is 9.13 Å². The Kier molecular flexibility index (Phi) is 7.80. The molecule has 0 amide bonds. The molecule has 1 rings (SSSR count). The monoisotopic (exact) mass is 367 g/mol. The van der Waals surface area contributed by atoms with E-state index in [0.717, 1.165) is 0 Å². The van der Waals surface area contributed by atoms with Gasteiger partial charge in [0.15, 0.2) is 10.9 Å². The van der Waals surface area contributed by atoms with Gasteiger partial charge in [-0.15, -0.1) is 0 Å². The Bertz CT molecular complexity index is 544. The topological polar surface area (TPSA) is 123 Å². The lowest BCUT2D eigenvalue weighted by Crippen LogP contribution is -2.26. The highest BCUT2D eigenvalue weighted by Crippen LogP contribution is 2.49. The molecule has 9 nitrogen and oxygen atoms in total. The molecule has 1 heterocycles. The number of nitrogens with two attached hydrogens (primary N) is 1. The van der Waals surface area contributed by atoms with Gasteiger partial charge in [-0.05, 0) is 27.7 Å². The molecule has 1 aromatic heterocycles. The summed E-state index contributed by atoms with van der Waals surface area (Å²) in [4.78, 5) is 7.80. The van der Waals surface area contributed by atoms with Crippen molar-refractivity contribution in [1.82, 2.24) is 9.97 Å². The highest BCUT2D eigenvalue weighted by atomic mass is 31.2. The van der Waals surface area contributed by atoms with Crippen molar-refractivity contribution in [1.29, 1.82) is 0 Å². The molecule has 0 spiro atoms. The van der Waals surface area contributed by atoms with E-state index < -0.39 is 15.2 Å². The van der Waals surface area contributed by atoms with Crippen LogP contribution in [0.3, 0.4) is 0 Å². The molecule has 0 aromatic carbocycles. The van der Waals surface area contributed by atoms with E-state index in [1.165, 1.54) is 6.07 Å². The van der Waals surface area contributed by atoms with Crippen molar-refractivity contribution in [2.24, 2.45) is 0 Å². The Morgan fingerprint density at radius 2 is 1.13 bits per heavy atom. The van der Waals surface area contributed by atoms with Gasteiger partial charge in [-0.25, -0.2) is 9.97 Å². The van der Waals surface area contributed by atoms with E-state index in [1.54, 1.807) is 27.7 Å². The van der Waals surface area contributed by atoms with Gasteiger partial charge in [0, 0.05) is 6.07 Å². The van der Waals surface area contributed by atoms with E-state index in [1.807, 2.05) is 0 Å². The summed E-state index contributed by atoms with van der Waals surface area (Å²) in [6, 6.07) is 1.23. The summed E-state index contributed by atoms with van der Waals surface area (Å²) in [6.45, 7) is 7.25. The number of hydrogen-bond acceptors (Lipinski definition) is 9. The van der Waals surface area contributed by atoms with Crippen LogP contribution >= 0.6 is 15.2 Å². The molecule has 23 heavy (non-hydrogen) atoms. The Hall–Kier alpha value is -0.820. The number of nitrogens with zero attached hydrogens (tertiary/aromatic N) is 2. The highest BCUT2D eigenvalue weighted by Gasteiger charge is 2.35. The molecule has 0 unspecified atom stereocenters. The third-order valence-electron chi connectivity index (χ3n) is 2.47. The minimum atomic E-state index is -3.70. The maximum atomic E-state index is 12.8. The summed E-state index contributed by atoms with van der Waals surface area (Å²) in [5, 5.41) is 0. The van der Waals surface area contributed by atoms with Crippen molar-refractivity contribution < 1.29 is 27.2 Å². The van der Waals surface area contributed by atoms with Crippen LogP contribution in [0.25, 0.3) is 0 Å². The smallest absolute Gasteiger partial charge is 0.368 e. The number of nitrogen functional groups attached to an aromatic ring is 1. The van der Waals surface area contributed by atoms with Gasteiger partial charge in [0.05, 0.1) is 26.4 Å². The molecule has 0 fully saturated rings. The van der Waals surface area contributed by atoms with Crippen LogP contribution in [0.1, 0.15) is 27.7 Å². The molecular weight excluding hydrogens is 344 g/mol. The van der Waals surface area contributed by atoms with Crippen LogP contribution < -0.4 is 16.6 Å². The van der Waals surface area contributed by atoms with E-state index in [-0.39, 0.29) is 43.2 Å². The summed E-state index contributed by atoms with van der Waals surface area (Å²) in [7, 11) is -7.39. The fraction of sp³-hybridized carbons (Fsp3) is 0.667. The fourth-order valence-electron chi connectivity index (χ4n) is 1.74. The summed E-state index contributed by atoms with van der Waals surface area (Å²) >= 11 is 0. The zero-order chi connectivity index (χ0) is 17.5. The lowest BCUT2D eigenvalue weighted by molar-refractivity contribution is 0.229. The molecule has 0 aliphatic rings. The lowest BCUT2D eigenvalue weighted by atomic mass is 10.7. The first-order valence-corrected chi connectivity index (χ1v) is 10.4. The van der Waals surface area contributed by atoms with Crippen LogP contribution in [-0.4, -0.2) is 36.4 Å². The molecule has 132 valence electrons. The number of hydrogen-bond donors (Lipinski definition) is 1. The van der Waals surface area contributed by atoms with Crippen LogP contribution in [0.2, 0.25) is 0 Å². The predicted molar refractivity (Wildman–Crippen MR) is 87.4 cm³/mol. The number of anilines is 1. The third-order valence-corrected chi connectivity index (χ3v) is 6.45. The van der Waals surface area contributed by atoms with E-state index >= 15 is 0 Å². The first-order valence-electron chi connectivity index (χ1n) is 7.29. The largest absolute Gasteiger partial charge is 0.379 e. The molecule has 1 aromatic rings. The first-order chi connectivity index (χ1) is 10.8. The maximum Gasteiger partial charge on any atom is 0.379 e. The maximum absolute atomic E-state index is 12.8. The number of aromatic nitrogens is 2. The van der Waals surface area contributed by atoms with Crippen molar-refractivity contribution in [3.63, 3.8) is 0 Å². The van der Waals surface area contributed by atoms with Gasteiger partial charge in [-0.1, -0.05) is 0 Å². The lowest BCUT2D eigenvalue weighted by Gasteiger charge is -2.19. The second kappa shape index (κ2) is 8.87. The zero-order valence-electron chi connectivity index (χ0n) is 13.7. The Labute approximate surface area is 136 Å². The van der Waals surface area contributed by atoms with Gasteiger partial charge in [-0.3, -0.25) is 9.13 Å². The van der Waals surface area contributed by atoms with Crippen molar-refractivity contribution in [2.75, 3.05) is 32.2 Å². The Morgan fingerprint density at radius 3 is 1.39 bits per heavy atom. The summed E-state index contributed by atoms with van der Waals surface area (Å²) < 4.78 is 46.5. The van der Waals surface area contributed by atoms with Crippen LogP contribution in [0.15, 0.2) is 6.07 Å². The molecule has 0 atom stereocenters. The molecular formula is C12H23N3O6P2. The average molecular weight is 367 g/mol. The molecule has 0 aliphatic carbocycles. The fourth-order valence-corrected chi connectivity index (χ4v) is 4.89. The van der Waals surface area contributed by atoms with Crippen molar-refractivity contribution in [3.05, 3.63) is 6.07 Å². The van der Waals surface area contributed by atoms with Gasteiger partial charge in [-0.2, -0.15) is 0 Å². The normalized spacial score (nSPS) is 12.5. The second-order valence-corrected chi connectivity index (χ2v) is 8.05. The number of rotatable bonds is 10. The van der Waals surface area contributed by atoms with Crippen LogP contribution in [0.5, 0.6) is 0 Å². The van der Waals surface area contributed by atoms with Crippen molar-refractivity contribution >= 4 is 32.0 Å². The van der Waals surface area contributed by atoms with Crippen LogP contribution in [0.4, 0.5) is 5.95 Å². The minimum absolute atomic E-state index is 0.0802. The standard InChI is InChI=1S/C12H23N3O6P2/c1-5-18-22(16,19-6-2)10-9-11(15-12(13)14-10)23(17,20-7-3)21-8-4/h9H,5-8H2,1-4H3,(H2,13,14,15). The van der Waals surface area contributed by atoms with Crippen LogP contribution in [0, 0.1) is 0 Å². The Balaban J connectivity index is 3.41. The molecule has 0 aliphatic heterocycles. The summed E-state index contributed by atoms with van der Waals surface area (Å²) in [5.41, 5.74) is 5.49. The van der Waals surface area contributed by atoms with Gasteiger partial charge < -0.3 is 23.8 Å². The molecule has 11 heteroatoms. The Morgan fingerprint density at radius 1 is 0.826 bits per heavy atom. The van der Waals surface area contributed by atoms with E-state index in [4.69, 9.17) is 23.8 Å². The zero-order valence-corrected chi connectivity index (χ0v) is 15.5. The SMILES string of the molecule is CCOP(=O)(OCC)c1cc(P(=O)(OCC)OCC)nc(N)n1. The van der Waals surface area contributed by atoms with E-state index in [0.29, 0.717) is 0 Å². The molecule has 0 saturated heterocycles. The van der Waals surface area contributed by atoms with Crippen LogP contribution in [-0.2, 0) is 27.2 Å². The second-order valence-electron chi connectivity index (χ2n) is 4.11. The van der Waals surface area contributed by atoms with E-state index in [2.05, 4.69) is 9.97 Å². The molecule has 0 radical (unpaired) electrons. The summed E-state index contributed by atoms with van der Waals surface area (Å²) in [5.74, 6) is -0.225. The molecule has 2 N–H and O–H groups in total. The predicted octanol–water partition coefficient (Wildman–Crippen LogP) is 1.84. The third kappa shape index (κ3) is 5.08. The van der Waals surface area contributed by atoms with Gasteiger partial charge >= 0.3 is 15.2 Å². The molecule has 0 saturated carbocycles.